The molecule has 2 heterocycles. The average Bonchev–Trinajstić information content (AvgIpc) is 2.89. The molecule has 3 rings (SSSR count). The summed E-state index contributed by atoms with van der Waals surface area (Å²) in [6.07, 6.45) is 5.21. The van der Waals surface area contributed by atoms with Gasteiger partial charge in [-0.05, 0) is 31.9 Å². The van der Waals surface area contributed by atoms with Gasteiger partial charge in [0.05, 0.1) is 10.6 Å². The zero-order valence-corrected chi connectivity index (χ0v) is 11.3. The number of piperidine rings is 1. The Morgan fingerprint density at radius 3 is 2.95 bits per heavy atom. The van der Waals surface area contributed by atoms with E-state index in [-0.39, 0.29) is 6.79 Å². The molecule has 19 heavy (non-hydrogen) atoms. The van der Waals surface area contributed by atoms with E-state index in [1.54, 1.807) is 0 Å². The zero-order valence-electron chi connectivity index (χ0n) is 10.6. The Kier molecular flexibility index (Phi) is 3.62. The SMILES string of the molecule is O=Cc1c(Cl)cc(CC2CCCCN2)c2c1OCO2. The molecule has 1 atom stereocenters. The van der Waals surface area contributed by atoms with E-state index in [4.69, 9.17) is 21.1 Å². The summed E-state index contributed by atoms with van der Waals surface area (Å²) in [5, 5.41) is 3.93. The monoisotopic (exact) mass is 281 g/mol. The van der Waals surface area contributed by atoms with Crippen LogP contribution in [0.15, 0.2) is 6.07 Å². The van der Waals surface area contributed by atoms with Crippen molar-refractivity contribution in [2.75, 3.05) is 13.3 Å². The molecular formula is C14H16ClNO3. The van der Waals surface area contributed by atoms with E-state index in [2.05, 4.69) is 5.32 Å². The molecule has 0 saturated carbocycles. The Balaban J connectivity index is 1.91. The van der Waals surface area contributed by atoms with Gasteiger partial charge >= 0.3 is 0 Å². The van der Waals surface area contributed by atoms with Gasteiger partial charge in [0.2, 0.25) is 6.79 Å². The number of hydrogen-bond donors (Lipinski definition) is 1. The molecule has 0 radical (unpaired) electrons. The summed E-state index contributed by atoms with van der Waals surface area (Å²) < 4.78 is 10.9. The third-order valence-corrected chi connectivity index (χ3v) is 4.02. The Hall–Kier alpha value is -1.26. The lowest BCUT2D eigenvalue weighted by Gasteiger charge is -2.24. The summed E-state index contributed by atoms with van der Waals surface area (Å²) in [5.74, 6) is 1.17. The number of ether oxygens (including phenoxy) is 2. The maximum atomic E-state index is 11.1. The van der Waals surface area contributed by atoms with Crippen LogP contribution in [-0.2, 0) is 6.42 Å². The maximum Gasteiger partial charge on any atom is 0.231 e. The van der Waals surface area contributed by atoms with Gasteiger partial charge in [-0.2, -0.15) is 0 Å². The van der Waals surface area contributed by atoms with Crippen molar-refractivity contribution >= 4 is 17.9 Å². The Labute approximate surface area is 117 Å². The lowest BCUT2D eigenvalue weighted by atomic mass is 9.96. The number of fused-ring (bicyclic) bond motifs is 1. The van der Waals surface area contributed by atoms with E-state index >= 15 is 0 Å². The van der Waals surface area contributed by atoms with Crippen molar-refractivity contribution in [2.45, 2.75) is 31.7 Å². The zero-order chi connectivity index (χ0) is 13.2. The van der Waals surface area contributed by atoms with E-state index in [0.717, 1.165) is 31.2 Å². The third-order valence-electron chi connectivity index (χ3n) is 3.70. The average molecular weight is 282 g/mol. The first-order valence-electron chi connectivity index (χ1n) is 6.59. The van der Waals surface area contributed by atoms with Crippen LogP contribution in [0.3, 0.4) is 0 Å². The molecule has 0 bridgehead atoms. The van der Waals surface area contributed by atoms with Gasteiger partial charge in [0.1, 0.15) is 0 Å². The quantitative estimate of drug-likeness (QED) is 0.865. The largest absolute Gasteiger partial charge is 0.453 e. The maximum absolute atomic E-state index is 11.1. The second-order valence-electron chi connectivity index (χ2n) is 4.96. The second kappa shape index (κ2) is 5.39. The van der Waals surface area contributed by atoms with Crippen LogP contribution in [0.25, 0.3) is 0 Å². The van der Waals surface area contributed by atoms with Gasteiger partial charge in [-0.3, -0.25) is 4.79 Å². The number of carbonyl (C=O) groups is 1. The normalized spacial score (nSPS) is 21.4. The van der Waals surface area contributed by atoms with Gasteiger partial charge in [-0.1, -0.05) is 18.0 Å². The van der Waals surface area contributed by atoms with Crippen molar-refractivity contribution < 1.29 is 14.3 Å². The topological polar surface area (TPSA) is 47.6 Å². The van der Waals surface area contributed by atoms with Gasteiger partial charge in [0, 0.05) is 11.6 Å². The predicted octanol–water partition coefficient (Wildman–Crippen LogP) is 2.57. The summed E-state index contributed by atoms with van der Waals surface area (Å²) in [7, 11) is 0. The number of hydrogen-bond acceptors (Lipinski definition) is 4. The van der Waals surface area contributed by atoms with Crippen LogP contribution in [0.1, 0.15) is 35.2 Å². The van der Waals surface area contributed by atoms with E-state index in [0.29, 0.717) is 28.1 Å². The van der Waals surface area contributed by atoms with Gasteiger partial charge in [-0.15, -0.1) is 0 Å². The van der Waals surface area contributed by atoms with Crippen LogP contribution < -0.4 is 14.8 Å². The Morgan fingerprint density at radius 2 is 2.21 bits per heavy atom. The molecule has 1 saturated heterocycles. The fourth-order valence-corrected chi connectivity index (χ4v) is 3.01. The molecule has 5 heteroatoms. The number of carbonyl (C=O) groups excluding carboxylic acids is 1. The molecule has 1 unspecified atom stereocenters. The van der Waals surface area contributed by atoms with Gasteiger partial charge in [0.25, 0.3) is 0 Å². The minimum absolute atomic E-state index is 0.154. The Bertz CT molecular complexity index is 498. The molecule has 102 valence electrons. The highest BCUT2D eigenvalue weighted by Gasteiger charge is 2.26. The molecule has 2 aliphatic rings. The highest BCUT2D eigenvalue weighted by atomic mass is 35.5. The minimum atomic E-state index is 0.154. The van der Waals surface area contributed by atoms with Crippen LogP contribution in [0.2, 0.25) is 5.02 Å². The minimum Gasteiger partial charge on any atom is -0.453 e. The second-order valence-corrected chi connectivity index (χ2v) is 5.37. The lowest BCUT2D eigenvalue weighted by Crippen LogP contribution is -2.35. The molecule has 0 aromatic heterocycles. The Morgan fingerprint density at radius 1 is 1.37 bits per heavy atom. The van der Waals surface area contributed by atoms with E-state index in [1.165, 1.54) is 12.8 Å². The molecular weight excluding hydrogens is 266 g/mol. The van der Waals surface area contributed by atoms with E-state index < -0.39 is 0 Å². The summed E-state index contributed by atoms with van der Waals surface area (Å²) in [4.78, 5) is 11.1. The molecule has 0 aliphatic carbocycles. The van der Waals surface area contributed by atoms with Gasteiger partial charge < -0.3 is 14.8 Å². The van der Waals surface area contributed by atoms with Crippen LogP contribution in [0, 0.1) is 0 Å². The predicted molar refractivity (Wildman–Crippen MR) is 72.3 cm³/mol. The van der Waals surface area contributed by atoms with Crippen molar-refractivity contribution in [3.05, 3.63) is 22.2 Å². The highest BCUT2D eigenvalue weighted by Crippen LogP contribution is 2.42. The fourth-order valence-electron chi connectivity index (χ4n) is 2.75. The number of halogens is 1. The first kappa shape index (κ1) is 12.8. The van der Waals surface area contributed by atoms with Crippen LogP contribution in [-0.4, -0.2) is 25.7 Å². The van der Waals surface area contributed by atoms with Crippen LogP contribution in [0.4, 0.5) is 0 Å². The first-order valence-corrected chi connectivity index (χ1v) is 6.97. The molecule has 0 amide bonds. The van der Waals surface area contributed by atoms with E-state index in [1.807, 2.05) is 6.07 Å². The lowest BCUT2D eigenvalue weighted by molar-refractivity contribution is 0.111. The molecule has 2 aliphatic heterocycles. The standard InChI is InChI=1S/C14H16ClNO3/c15-12-6-9(5-10-3-1-2-4-16-10)13-14(11(12)7-17)19-8-18-13/h6-7,10,16H,1-5,8H2. The summed E-state index contributed by atoms with van der Waals surface area (Å²) in [5.41, 5.74) is 1.40. The molecule has 0 spiro atoms. The van der Waals surface area contributed by atoms with Crippen molar-refractivity contribution in [1.29, 1.82) is 0 Å². The fraction of sp³-hybridized carbons (Fsp3) is 0.500. The van der Waals surface area contributed by atoms with Gasteiger partial charge in [-0.25, -0.2) is 0 Å². The van der Waals surface area contributed by atoms with Crippen molar-refractivity contribution in [3.63, 3.8) is 0 Å². The van der Waals surface area contributed by atoms with Gasteiger partial charge in [0.15, 0.2) is 17.8 Å². The third kappa shape index (κ3) is 2.42. The molecule has 1 N–H and O–H groups in total. The number of nitrogens with one attached hydrogen (secondary N) is 1. The number of rotatable bonds is 3. The van der Waals surface area contributed by atoms with Crippen molar-refractivity contribution in [2.24, 2.45) is 0 Å². The van der Waals surface area contributed by atoms with Crippen molar-refractivity contribution in [1.82, 2.24) is 5.32 Å². The molecule has 1 aromatic carbocycles. The van der Waals surface area contributed by atoms with Crippen LogP contribution >= 0.6 is 11.6 Å². The smallest absolute Gasteiger partial charge is 0.231 e. The number of benzene rings is 1. The molecule has 1 aromatic rings. The summed E-state index contributed by atoms with van der Waals surface area (Å²) in [6.45, 7) is 1.21. The van der Waals surface area contributed by atoms with E-state index in [9.17, 15) is 4.79 Å². The molecule has 4 nitrogen and oxygen atoms in total. The summed E-state index contributed by atoms with van der Waals surface area (Å²) >= 11 is 6.14. The van der Waals surface area contributed by atoms with Crippen LogP contribution in [0.5, 0.6) is 11.5 Å². The summed E-state index contributed by atoms with van der Waals surface area (Å²) in [6, 6.07) is 2.27. The van der Waals surface area contributed by atoms with Crippen molar-refractivity contribution in [3.8, 4) is 11.5 Å². The highest BCUT2D eigenvalue weighted by molar-refractivity contribution is 6.33. The first-order chi connectivity index (χ1) is 9.29. The number of aldehydes is 1. The molecule has 1 fully saturated rings.